The van der Waals surface area contributed by atoms with E-state index in [9.17, 15) is 9.18 Å². The van der Waals surface area contributed by atoms with Crippen molar-refractivity contribution in [2.75, 3.05) is 20.2 Å². The topological polar surface area (TPSA) is 68.2 Å². The third-order valence-electron chi connectivity index (χ3n) is 3.09. The molecule has 8 heteroatoms. The molecule has 0 bridgehead atoms. The lowest BCUT2D eigenvalue weighted by Crippen LogP contribution is -2.37. The van der Waals surface area contributed by atoms with Crippen LogP contribution in [0.2, 0.25) is 0 Å². The molecule has 0 spiro atoms. The lowest BCUT2D eigenvalue weighted by Gasteiger charge is -2.14. The van der Waals surface area contributed by atoms with Crippen LogP contribution in [0.5, 0.6) is 5.75 Å². The smallest absolute Gasteiger partial charge is 0.241 e. The predicted octanol–water partition coefficient (Wildman–Crippen LogP) is 1.44. The molecule has 0 aliphatic heterocycles. The number of hydrogen-bond acceptors (Lipinski definition) is 4. The van der Waals surface area contributed by atoms with Gasteiger partial charge in [-0.2, -0.15) is 5.10 Å². The molecule has 6 nitrogen and oxygen atoms in total. The number of aromatic nitrogens is 2. The number of ether oxygens (including phenoxy) is 1. The van der Waals surface area contributed by atoms with Crippen LogP contribution in [-0.2, 0) is 11.8 Å². The Bertz CT molecular complexity index is 618. The van der Waals surface area contributed by atoms with Gasteiger partial charge in [-0.25, -0.2) is 4.39 Å². The van der Waals surface area contributed by atoms with Crippen LogP contribution in [0.1, 0.15) is 11.6 Å². The Hall–Kier alpha value is -2.12. The highest BCUT2D eigenvalue weighted by atomic mass is 35.5. The van der Waals surface area contributed by atoms with Crippen molar-refractivity contribution in [3.63, 3.8) is 0 Å². The second-order valence-electron chi connectivity index (χ2n) is 4.76. The van der Waals surface area contributed by atoms with Gasteiger partial charge in [0.2, 0.25) is 5.91 Å². The molecule has 1 unspecified atom stereocenters. The zero-order valence-corrected chi connectivity index (χ0v) is 13.8. The van der Waals surface area contributed by atoms with Crippen LogP contribution >= 0.6 is 12.4 Å². The summed E-state index contributed by atoms with van der Waals surface area (Å²) in [5.41, 5.74) is 0.793. The molecular formula is C15H20ClFN4O2. The number of halogens is 2. The zero-order chi connectivity index (χ0) is 15.9. The van der Waals surface area contributed by atoms with Crippen molar-refractivity contribution in [3.8, 4) is 5.75 Å². The minimum atomic E-state index is -0.459. The van der Waals surface area contributed by atoms with Crippen molar-refractivity contribution in [2.24, 2.45) is 7.05 Å². The molecule has 126 valence electrons. The second kappa shape index (κ2) is 9.12. The Kier molecular flexibility index (Phi) is 7.50. The highest BCUT2D eigenvalue weighted by Gasteiger charge is 2.19. The average molecular weight is 343 g/mol. The SMILES string of the molecule is CNC(C(=O)NCCOc1ccc(F)cc1)c1cnn(C)c1.Cl. The summed E-state index contributed by atoms with van der Waals surface area (Å²) in [5, 5.41) is 9.79. The summed E-state index contributed by atoms with van der Waals surface area (Å²) in [6, 6.07) is 5.28. The number of aryl methyl sites for hydroxylation is 1. The van der Waals surface area contributed by atoms with Crippen LogP contribution in [-0.4, -0.2) is 35.9 Å². The van der Waals surface area contributed by atoms with Gasteiger partial charge in [-0.05, 0) is 31.3 Å². The summed E-state index contributed by atoms with van der Waals surface area (Å²) in [6.07, 6.45) is 3.44. The number of carbonyl (C=O) groups excluding carboxylic acids is 1. The number of benzene rings is 1. The van der Waals surface area contributed by atoms with E-state index in [0.717, 1.165) is 5.56 Å². The van der Waals surface area contributed by atoms with Crippen LogP contribution in [0, 0.1) is 5.82 Å². The molecule has 1 amide bonds. The molecule has 0 aliphatic carbocycles. The highest BCUT2D eigenvalue weighted by molar-refractivity contribution is 5.85. The minimum absolute atomic E-state index is 0. The average Bonchev–Trinajstić information content (AvgIpc) is 2.92. The molecule has 0 radical (unpaired) electrons. The molecule has 2 rings (SSSR count). The molecule has 0 saturated heterocycles. The normalized spacial score (nSPS) is 11.4. The maximum Gasteiger partial charge on any atom is 0.241 e. The van der Waals surface area contributed by atoms with Gasteiger partial charge in [0.25, 0.3) is 0 Å². The molecule has 0 saturated carbocycles. The number of nitrogens with one attached hydrogen (secondary N) is 2. The van der Waals surface area contributed by atoms with Gasteiger partial charge in [0.05, 0.1) is 12.7 Å². The Morgan fingerprint density at radius 2 is 2.09 bits per heavy atom. The van der Waals surface area contributed by atoms with E-state index in [1.54, 1.807) is 43.3 Å². The van der Waals surface area contributed by atoms with Crippen LogP contribution in [0.25, 0.3) is 0 Å². The molecule has 2 N–H and O–H groups in total. The first-order valence-corrected chi connectivity index (χ1v) is 6.92. The maximum absolute atomic E-state index is 12.7. The van der Waals surface area contributed by atoms with Gasteiger partial charge in [-0.1, -0.05) is 0 Å². The van der Waals surface area contributed by atoms with Gasteiger partial charge in [0.1, 0.15) is 24.2 Å². The number of rotatable bonds is 7. The lowest BCUT2D eigenvalue weighted by molar-refractivity contribution is -0.123. The summed E-state index contributed by atoms with van der Waals surface area (Å²) in [5.74, 6) is 0.0975. The third kappa shape index (κ3) is 5.54. The largest absolute Gasteiger partial charge is 0.492 e. The fraction of sp³-hybridized carbons (Fsp3) is 0.333. The van der Waals surface area contributed by atoms with E-state index >= 15 is 0 Å². The molecule has 0 fully saturated rings. The molecule has 1 atom stereocenters. The van der Waals surface area contributed by atoms with Crippen molar-refractivity contribution in [2.45, 2.75) is 6.04 Å². The molecule has 0 aliphatic rings. The van der Waals surface area contributed by atoms with Gasteiger partial charge < -0.3 is 15.4 Å². The van der Waals surface area contributed by atoms with E-state index in [1.165, 1.54) is 12.1 Å². The van der Waals surface area contributed by atoms with Gasteiger partial charge in [-0.3, -0.25) is 9.48 Å². The van der Waals surface area contributed by atoms with E-state index in [-0.39, 0.29) is 24.1 Å². The van der Waals surface area contributed by atoms with Crippen LogP contribution in [0.4, 0.5) is 4.39 Å². The summed E-state index contributed by atoms with van der Waals surface area (Å²) in [7, 11) is 3.51. The zero-order valence-electron chi connectivity index (χ0n) is 13.0. The molecule has 1 aromatic heterocycles. The van der Waals surface area contributed by atoms with E-state index in [2.05, 4.69) is 15.7 Å². The standard InChI is InChI=1S/C15H19FN4O2.ClH/c1-17-14(11-9-19-20(2)10-11)15(21)18-7-8-22-13-5-3-12(16)4-6-13;/h3-6,9-10,14,17H,7-8H2,1-2H3,(H,18,21);1H. The highest BCUT2D eigenvalue weighted by Crippen LogP contribution is 2.12. The number of amides is 1. The first kappa shape index (κ1) is 18.9. The van der Waals surface area contributed by atoms with Gasteiger partial charge in [0, 0.05) is 18.8 Å². The monoisotopic (exact) mass is 342 g/mol. The molecule has 1 aromatic carbocycles. The van der Waals surface area contributed by atoms with E-state index in [4.69, 9.17) is 4.74 Å². The fourth-order valence-corrected chi connectivity index (χ4v) is 2.01. The first-order valence-electron chi connectivity index (χ1n) is 6.92. The molecule has 2 aromatic rings. The molecule has 23 heavy (non-hydrogen) atoms. The Morgan fingerprint density at radius 3 is 2.65 bits per heavy atom. The number of hydrogen-bond donors (Lipinski definition) is 2. The van der Waals surface area contributed by atoms with Crippen molar-refractivity contribution in [3.05, 3.63) is 48.0 Å². The third-order valence-corrected chi connectivity index (χ3v) is 3.09. The quantitative estimate of drug-likeness (QED) is 0.747. The fourth-order valence-electron chi connectivity index (χ4n) is 2.01. The van der Waals surface area contributed by atoms with Crippen molar-refractivity contribution < 1.29 is 13.9 Å². The summed E-state index contributed by atoms with van der Waals surface area (Å²) in [6.45, 7) is 0.662. The summed E-state index contributed by atoms with van der Waals surface area (Å²) in [4.78, 5) is 12.1. The minimum Gasteiger partial charge on any atom is -0.492 e. The second-order valence-corrected chi connectivity index (χ2v) is 4.76. The number of carbonyl (C=O) groups is 1. The van der Waals surface area contributed by atoms with Gasteiger partial charge >= 0.3 is 0 Å². The number of likely N-dealkylation sites (N-methyl/N-ethyl adjacent to an activating group) is 1. The van der Waals surface area contributed by atoms with E-state index in [0.29, 0.717) is 18.9 Å². The van der Waals surface area contributed by atoms with Crippen molar-refractivity contribution >= 4 is 18.3 Å². The Labute approximate surface area is 140 Å². The van der Waals surface area contributed by atoms with Crippen molar-refractivity contribution in [1.29, 1.82) is 0 Å². The number of nitrogens with zero attached hydrogens (tertiary/aromatic N) is 2. The first-order chi connectivity index (χ1) is 10.6. The van der Waals surface area contributed by atoms with Gasteiger partial charge in [-0.15, -0.1) is 12.4 Å². The summed E-state index contributed by atoms with van der Waals surface area (Å²) >= 11 is 0. The lowest BCUT2D eigenvalue weighted by atomic mass is 10.1. The Morgan fingerprint density at radius 1 is 1.39 bits per heavy atom. The Balaban J connectivity index is 0.00000264. The van der Waals surface area contributed by atoms with E-state index in [1.807, 2.05) is 0 Å². The molecular weight excluding hydrogens is 323 g/mol. The predicted molar refractivity (Wildman–Crippen MR) is 87.2 cm³/mol. The summed E-state index contributed by atoms with van der Waals surface area (Å²) < 4.78 is 19.8. The van der Waals surface area contributed by atoms with Crippen LogP contribution in [0.15, 0.2) is 36.7 Å². The van der Waals surface area contributed by atoms with Gasteiger partial charge in [0.15, 0.2) is 0 Å². The maximum atomic E-state index is 12.7. The molecule has 1 heterocycles. The van der Waals surface area contributed by atoms with E-state index < -0.39 is 6.04 Å². The van der Waals surface area contributed by atoms with Crippen LogP contribution in [0.3, 0.4) is 0 Å². The van der Waals surface area contributed by atoms with Crippen molar-refractivity contribution in [1.82, 2.24) is 20.4 Å². The van der Waals surface area contributed by atoms with Crippen LogP contribution < -0.4 is 15.4 Å².